The molecule has 1 atom stereocenters. The van der Waals surface area contributed by atoms with Crippen LogP contribution in [0.4, 0.5) is 4.39 Å². The molecule has 0 aromatic heterocycles. The highest BCUT2D eigenvalue weighted by Crippen LogP contribution is 2.31. The van der Waals surface area contributed by atoms with Crippen LogP contribution in [0.25, 0.3) is 0 Å². The van der Waals surface area contributed by atoms with Gasteiger partial charge in [-0.15, -0.1) is 0 Å². The van der Waals surface area contributed by atoms with Crippen LogP contribution < -0.4 is 5.73 Å². The van der Waals surface area contributed by atoms with Crippen molar-refractivity contribution in [3.63, 3.8) is 0 Å². The highest BCUT2D eigenvalue weighted by atomic mass is 19.1. The molecule has 0 saturated carbocycles. The van der Waals surface area contributed by atoms with Gasteiger partial charge in [0.1, 0.15) is 5.67 Å². The summed E-state index contributed by atoms with van der Waals surface area (Å²) in [5.74, 6) is 0. The molecule has 2 heteroatoms. The second kappa shape index (κ2) is 4.09. The lowest BCUT2D eigenvalue weighted by Gasteiger charge is -2.24. The Morgan fingerprint density at radius 3 is 2.50 bits per heavy atom. The average Bonchev–Trinajstić information content (AvgIpc) is 2.20. The van der Waals surface area contributed by atoms with Crippen LogP contribution in [0.5, 0.6) is 0 Å². The third kappa shape index (κ3) is 1.95. The first-order valence-corrected chi connectivity index (χ1v) is 5.00. The van der Waals surface area contributed by atoms with Gasteiger partial charge in [0.15, 0.2) is 0 Å². The molecule has 1 aromatic rings. The first-order valence-electron chi connectivity index (χ1n) is 5.00. The summed E-state index contributed by atoms with van der Waals surface area (Å²) in [6.07, 6.45) is 0.424. The van der Waals surface area contributed by atoms with Crippen LogP contribution in [0, 0.1) is 13.8 Å². The standard InChI is InChI=1S/C12H18FN/c1-4-12(13,8-14)11-7-9(2)5-6-10(11)3/h5-7H,4,8,14H2,1-3H3. The fraction of sp³-hybridized carbons (Fsp3) is 0.500. The molecule has 2 N–H and O–H groups in total. The SMILES string of the molecule is CCC(F)(CN)c1cc(C)ccc1C. The Hall–Kier alpha value is -0.890. The highest BCUT2D eigenvalue weighted by Gasteiger charge is 2.29. The number of nitrogens with two attached hydrogens (primary N) is 1. The maximum atomic E-state index is 14.3. The predicted molar refractivity (Wildman–Crippen MR) is 58.0 cm³/mol. The lowest BCUT2D eigenvalue weighted by molar-refractivity contribution is 0.168. The lowest BCUT2D eigenvalue weighted by atomic mass is 9.88. The van der Waals surface area contributed by atoms with E-state index >= 15 is 0 Å². The van der Waals surface area contributed by atoms with E-state index in [0.717, 1.165) is 16.7 Å². The van der Waals surface area contributed by atoms with E-state index in [0.29, 0.717) is 6.42 Å². The summed E-state index contributed by atoms with van der Waals surface area (Å²) in [6.45, 7) is 5.77. The molecule has 0 aliphatic heterocycles. The second-order valence-electron chi connectivity index (χ2n) is 3.84. The van der Waals surface area contributed by atoms with Gasteiger partial charge in [0.25, 0.3) is 0 Å². The van der Waals surface area contributed by atoms with Crippen LogP contribution in [-0.2, 0) is 5.67 Å². The van der Waals surface area contributed by atoms with Gasteiger partial charge >= 0.3 is 0 Å². The first kappa shape index (κ1) is 11.2. The van der Waals surface area contributed by atoms with E-state index in [1.165, 1.54) is 0 Å². The first-order chi connectivity index (χ1) is 6.53. The topological polar surface area (TPSA) is 26.0 Å². The Kier molecular flexibility index (Phi) is 3.27. The van der Waals surface area contributed by atoms with Crippen LogP contribution in [0.1, 0.15) is 30.0 Å². The molecular formula is C12H18FN. The summed E-state index contributed by atoms with van der Waals surface area (Å²) >= 11 is 0. The number of halogens is 1. The molecule has 0 amide bonds. The minimum Gasteiger partial charge on any atom is -0.327 e. The molecule has 0 aliphatic carbocycles. The Bertz CT molecular complexity index is 316. The molecule has 0 heterocycles. The average molecular weight is 195 g/mol. The summed E-state index contributed by atoms with van der Waals surface area (Å²) < 4.78 is 14.3. The monoisotopic (exact) mass is 195 g/mol. The van der Waals surface area contributed by atoms with E-state index in [2.05, 4.69) is 0 Å². The van der Waals surface area contributed by atoms with Crippen molar-refractivity contribution in [3.8, 4) is 0 Å². The number of aryl methyl sites for hydroxylation is 2. The summed E-state index contributed by atoms with van der Waals surface area (Å²) in [6, 6.07) is 5.83. The lowest BCUT2D eigenvalue weighted by Crippen LogP contribution is -2.30. The zero-order valence-electron chi connectivity index (χ0n) is 9.10. The van der Waals surface area contributed by atoms with Gasteiger partial charge in [-0.1, -0.05) is 30.7 Å². The Morgan fingerprint density at radius 1 is 1.36 bits per heavy atom. The van der Waals surface area contributed by atoms with Gasteiger partial charge < -0.3 is 5.73 Å². The van der Waals surface area contributed by atoms with Crippen LogP contribution >= 0.6 is 0 Å². The van der Waals surface area contributed by atoms with Crippen molar-refractivity contribution in [2.75, 3.05) is 6.54 Å². The van der Waals surface area contributed by atoms with E-state index in [4.69, 9.17) is 5.73 Å². The number of alkyl halides is 1. The zero-order chi connectivity index (χ0) is 10.8. The Morgan fingerprint density at radius 2 is 2.00 bits per heavy atom. The summed E-state index contributed by atoms with van der Waals surface area (Å²) in [4.78, 5) is 0. The molecule has 1 aromatic carbocycles. The molecule has 0 fully saturated rings. The molecule has 0 spiro atoms. The number of rotatable bonds is 3. The van der Waals surface area contributed by atoms with Crippen molar-refractivity contribution in [3.05, 3.63) is 34.9 Å². The van der Waals surface area contributed by atoms with Gasteiger partial charge in [-0.2, -0.15) is 0 Å². The molecular weight excluding hydrogens is 177 g/mol. The van der Waals surface area contributed by atoms with Gasteiger partial charge in [-0.3, -0.25) is 0 Å². The molecule has 0 aliphatic rings. The zero-order valence-corrected chi connectivity index (χ0v) is 9.10. The van der Waals surface area contributed by atoms with E-state index < -0.39 is 5.67 Å². The Labute approximate surface area is 85.1 Å². The normalized spacial score (nSPS) is 15.2. The Balaban J connectivity index is 3.22. The van der Waals surface area contributed by atoms with E-state index in [-0.39, 0.29) is 6.54 Å². The number of hydrogen-bond donors (Lipinski definition) is 1. The second-order valence-corrected chi connectivity index (χ2v) is 3.84. The van der Waals surface area contributed by atoms with Crippen molar-refractivity contribution in [1.82, 2.24) is 0 Å². The molecule has 14 heavy (non-hydrogen) atoms. The molecule has 1 rings (SSSR count). The summed E-state index contributed by atoms with van der Waals surface area (Å²) in [5.41, 5.74) is 6.92. The van der Waals surface area contributed by atoms with Crippen LogP contribution in [0.2, 0.25) is 0 Å². The van der Waals surface area contributed by atoms with Gasteiger partial charge in [-0.25, -0.2) is 4.39 Å². The van der Waals surface area contributed by atoms with Gasteiger partial charge in [0.05, 0.1) is 0 Å². The minimum absolute atomic E-state index is 0.0494. The molecule has 1 unspecified atom stereocenters. The van der Waals surface area contributed by atoms with Crippen molar-refractivity contribution in [2.24, 2.45) is 5.73 Å². The van der Waals surface area contributed by atoms with Gasteiger partial charge in [0.2, 0.25) is 0 Å². The van der Waals surface area contributed by atoms with Crippen LogP contribution in [0.3, 0.4) is 0 Å². The fourth-order valence-corrected chi connectivity index (χ4v) is 1.66. The highest BCUT2D eigenvalue weighted by molar-refractivity contribution is 5.35. The van der Waals surface area contributed by atoms with Gasteiger partial charge in [0, 0.05) is 6.54 Å². The smallest absolute Gasteiger partial charge is 0.148 e. The third-order valence-electron chi connectivity index (χ3n) is 2.76. The number of benzene rings is 1. The van der Waals surface area contributed by atoms with E-state index in [9.17, 15) is 4.39 Å². The molecule has 0 radical (unpaired) electrons. The third-order valence-corrected chi connectivity index (χ3v) is 2.76. The fourth-order valence-electron chi connectivity index (χ4n) is 1.66. The van der Waals surface area contributed by atoms with Gasteiger partial charge in [-0.05, 0) is 31.4 Å². The number of hydrogen-bond acceptors (Lipinski definition) is 1. The van der Waals surface area contributed by atoms with Crippen molar-refractivity contribution in [2.45, 2.75) is 32.9 Å². The van der Waals surface area contributed by atoms with Crippen LogP contribution in [0.15, 0.2) is 18.2 Å². The van der Waals surface area contributed by atoms with Crippen molar-refractivity contribution >= 4 is 0 Å². The molecule has 0 bridgehead atoms. The van der Waals surface area contributed by atoms with Crippen molar-refractivity contribution < 1.29 is 4.39 Å². The summed E-state index contributed by atoms with van der Waals surface area (Å²) in [7, 11) is 0. The van der Waals surface area contributed by atoms with Crippen molar-refractivity contribution in [1.29, 1.82) is 0 Å². The maximum Gasteiger partial charge on any atom is 0.148 e. The van der Waals surface area contributed by atoms with E-state index in [1.54, 1.807) is 0 Å². The minimum atomic E-state index is -1.36. The molecule has 78 valence electrons. The maximum absolute atomic E-state index is 14.3. The van der Waals surface area contributed by atoms with Crippen LogP contribution in [-0.4, -0.2) is 6.54 Å². The predicted octanol–water partition coefficient (Wildman–Crippen LogP) is 2.84. The molecule has 1 nitrogen and oxygen atoms in total. The largest absolute Gasteiger partial charge is 0.327 e. The van der Waals surface area contributed by atoms with E-state index in [1.807, 2.05) is 39.0 Å². The summed E-state index contributed by atoms with van der Waals surface area (Å²) in [5, 5.41) is 0. The quantitative estimate of drug-likeness (QED) is 0.788. The molecule has 0 saturated heterocycles.